The van der Waals surface area contributed by atoms with Crippen LogP contribution in [0.2, 0.25) is 0 Å². The van der Waals surface area contributed by atoms with Crippen molar-refractivity contribution in [2.45, 2.75) is 37.5 Å². The molecule has 4 rings (SSSR count). The maximum Gasteiger partial charge on any atom is 0.311 e. The number of hydrogen-bond acceptors (Lipinski definition) is 5. The molecule has 0 fully saturated rings. The lowest BCUT2D eigenvalue weighted by Gasteiger charge is -2.21. The number of rotatable bonds is 12. The Morgan fingerprint density at radius 3 is 1.92 bits per heavy atom. The van der Waals surface area contributed by atoms with Gasteiger partial charge in [-0.15, -0.1) is 0 Å². The van der Waals surface area contributed by atoms with Gasteiger partial charge in [-0.3, -0.25) is 8.98 Å². The lowest BCUT2D eigenvalue weighted by atomic mass is 10.2. The van der Waals surface area contributed by atoms with Gasteiger partial charge in [-0.2, -0.15) is 8.42 Å². The van der Waals surface area contributed by atoms with E-state index in [4.69, 9.17) is 8.92 Å². The molecule has 0 spiro atoms. The lowest BCUT2D eigenvalue weighted by molar-refractivity contribution is -0.134. The van der Waals surface area contributed by atoms with Crippen molar-refractivity contribution in [3.05, 3.63) is 115 Å². The Bertz CT molecular complexity index is 1380. The molecule has 0 bridgehead atoms. The number of hydrogen-bond donors (Lipinski definition) is 0. The fourth-order valence-electron chi connectivity index (χ4n) is 3.97. The molecule has 5 nitrogen and oxygen atoms in total. The average Bonchev–Trinajstić information content (AvgIpc) is 2.93. The molecule has 0 aliphatic carbocycles. The van der Waals surface area contributed by atoms with Crippen LogP contribution in [0, 0.1) is 6.92 Å². The Morgan fingerprint density at radius 2 is 1.29 bits per heavy atom. The molecule has 0 atom stereocenters. The predicted molar refractivity (Wildman–Crippen MR) is 154 cm³/mol. The van der Waals surface area contributed by atoms with E-state index >= 15 is 0 Å². The first-order valence-electron chi connectivity index (χ1n) is 12.6. The van der Waals surface area contributed by atoms with Gasteiger partial charge in [0.2, 0.25) is 0 Å². The van der Waals surface area contributed by atoms with E-state index in [9.17, 15) is 13.2 Å². The van der Waals surface area contributed by atoms with E-state index in [0.717, 1.165) is 10.9 Å². The largest absolute Gasteiger partial charge is 0.426 e. The van der Waals surface area contributed by atoms with Crippen LogP contribution in [0.3, 0.4) is 0 Å². The molecule has 0 amide bonds. The summed E-state index contributed by atoms with van der Waals surface area (Å²) in [5, 5.41) is 3.35. The van der Waals surface area contributed by atoms with Crippen LogP contribution in [0.25, 0.3) is 0 Å². The number of para-hydroxylation sites is 1. The molecule has 0 unspecified atom stereocenters. The van der Waals surface area contributed by atoms with Crippen LogP contribution in [-0.2, 0) is 19.1 Å². The molecule has 4 aromatic rings. The Kier molecular flexibility index (Phi) is 9.83. The summed E-state index contributed by atoms with van der Waals surface area (Å²) in [6.45, 7) is 1.97. The predicted octanol–water partition coefficient (Wildman–Crippen LogP) is 5.62. The van der Waals surface area contributed by atoms with Crippen LogP contribution >= 0.6 is 7.92 Å². The second-order valence-corrected chi connectivity index (χ2v) is 12.6. The Balaban J connectivity index is 1.32. The van der Waals surface area contributed by atoms with Gasteiger partial charge in [-0.1, -0.05) is 103 Å². The molecule has 0 N–H and O–H groups in total. The summed E-state index contributed by atoms with van der Waals surface area (Å²) in [6, 6.07) is 34.8. The van der Waals surface area contributed by atoms with Gasteiger partial charge in [0.1, 0.15) is 5.75 Å². The van der Waals surface area contributed by atoms with Crippen molar-refractivity contribution in [3.8, 4) is 5.75 Å². The number of aryl methyl sites for hydroxylation is 1. The normalized spacial score (nSPS) is 11.4. The van der Waals surface area contributed by atoms with Gasteiger partial charge in [0.05, 0.1) is 11.5 Å². The Labute approximate surface area is 226 Å². The van der Waals surface area contributed by atoms with E-state index in [1.54, 1.807) is 24.3 Å². The molecular formula is C31H31O5PS. The van der Waals surface area contributed by atoms with Gasteiger partial charge in [0.15, 0.2) is 0 Å². The molecule has 38 heavy (non-hydrogen) atoms. The summed E-state index contributed by atoms with van der Waals surface area (Å²) in [4.78, 5) is 12.9. The van der Waals surface area contributed by atoms with Crippen LogP contribution in [-0.4, -0.2) is 21.0 Å². The number of benzene rings is 4. The minimum atomic E-state index is -3.77. The average molecular weight is 547 g/mol. The van der Waals surface area contributed by atoms with Crippen LogP contribution in [0.5, 0.6) is 5.75 Å². The first kappa shape index (κ1) is 27.7. The minimum Gasteiger partial charge on any atom is -0.426 e. The second kappa shape index (κ2) is 13.5. The molecule has 196 valence electrons. The zero-order chi connectivity index (χ0) is 26.8. The minimum absolute atomic E-state index is 0.0759. The second-order valence-electron chi connectivity index (χ2n) is 8.85. The SMILES string of the molecule is Cc1ccc(S(=O)(=O)OCCCCCC(=O)Oc2ccccc2P(c2ccccc2)c2ccccc2)cc1. The fourth-order valence-corrected chi connectivity index (χ4v) is 7.29. The van der Waals surface area contributed by atoms with Crippen LogP contribution in [0.15, 0.2) is 114 Å². The summed E-state index contributed by atoms with van der Waals surface area (Å²) < 4.78 is 35.6. The third-order valence-electron chi connectivity index (χ3n) is 5.93. The third kappa shape index (κ3) is 7.61. The molecule has 7 heteroatoms. The molecule has 0 heterocycles. The van der Waals surface area contributed by atoms with E-state index in [2.05, 4.69) is 24.3 Å². The van der Waals surface area contributed by atoms with Crippen LogP contribution in [0.4, 0.5) is 0 Å². The number of ether oxygens (including phenoxy) is 1. The molecule has 0 aliphatic rings. The van der Waals surface area contributed by atoms with Gasteiger partial charge in [-0.05, 0) is 56.5 Å². The van der Waals surface area contributed by atoms with E-state index < -0.39 is 18.0 Å². The van der Waals surface area contributed by atoms with Crippen molar-refractivity contribution in [2.24, 2.45) is 0 Å². The quantitative estimate of drug-likeness (QED) is 0.0758. The summed E-state index contributed by atoms with van der Waals surface area (Å²) in [5.41, 5.74) is 0.982. The van der Waals surface area contributed by atoms with Gasteiger partial charge in [-0.25, -0.2) is 0 Å². The number of esters is 1. The Hall–Kier alpha value is -3.31. The highest BCUT2D eigenvalue weighted by atomic mass is 32.2. The summed E-state index contributed by atoms with van der Waals surface area (Å²) in [6.07, 6.45) is 2.01. The van der Waals surface area contributed by atoms with Crippen molar-refractivity contribution in [1.82, 2.24) is 0 Å². The van der Waals surface area contributed by atoms with E-state index in [1.165, 1.54) is 10.6 Å². The van der Waals surface area contributed by atoms with E-state index in [-0.39, 0.29) is 23.9 Å². The maximum atomic E-state index is 12.7. The maximum absolute atomic E-state index is 12.7. The van der Waals surface area contributed by atoms with Gasteiger partial charge in [0.25, 0.3) is 10.1 Å². The number of carbonyl (C=O) groups excluding carboxylic acids is 1. The number of unbranched alkanes of at least 4 members (excludes halogenated alkanes) is 2. The molecule has 0 saturated carbocycles. The summed E-state index contributed by atoms with van der Waals surface area (Å²) in [7, 11) is -4.67. The third-order valence-corrected chi connectivity index (χ3v) is 9.74. The standard InChI is InChI=1S/C31H31O5PS/c1-25-20-22-28(23-21-25)38(33,34)35-24-12-4-9-19-31(32)36-29-17-10-11-18-30(29)37(26-13-5-2-6-14-26)27-15-7-3-8-16-27/h2-3,5-8,10-11,13-18,20-23H,4,9,12,19,24H2,1H3. The van der Waals surface area contributed by atoms with Crippen molar-refractivity contribution in [3.63, 3.8) is 0 Å². The first-order chi connectivity index (χ1) is 18.4. The molecule has 0 saturated heterocycles. The van der Waals surface area contributed by atoms with Crippen molar-refractivity contribution >= 4 is 39.9 Å². The van der Waals surface area contributed by atoms with Gasteiger partial charge in [0, 0.05) is 11.7 Å². The zero-order valence-corrected chi connectivity index (χ0v) is 23.0. The van der Waals surface area contributed by atoms with Crippen molar-refractivity contribution in [1.29, 1.82) is 0 Å². The highest BCUT2D eigenvalue weighted by Crippen LogP contribution is 2.36. The zero-order valence-electron chi connectivity index (χ0n) is 21.3. The van der Waals surface area contributed by atoms with Crippen LogP contribution in [0.1, 0.15) is 31.2 Å². The molecular weight excluding hydrogens is 515 g/mol. The van der Waals surface area contributed by atoms with E-state index in [1.807, 2.05) is 67.6 Å². The van der Waals surface area contributed by atoms with Crippen molar-refractivity contribution < 1.29 is 22.1 Å². The summed E-state index contributed by atoms with van der Waals surface area (Å²) >= 11 is 0. The fraction of sp³-hybridized carbons (Fsp3) is 0.194. The van der Waals surface area contributed by atoms with Gasteiger partial charge >= 0.3 is 5.97 Å². The smallest absolute Gasteiger partial charge is 0.311 e. The molecule has 0 aliphatic heterocycles. The van der Waals surface area contributed by atoms with Crippen LogP contribution < -0.4 is 20.7 Å². The van der Waals surface area contributed by atoms with E-state index in [0.29, 0.717) is 25.0 Å². The highest BCUT2D eigenvalue weighted by molar-refractivity contribution is 7.86. The molecule has 0 radical (unpaired) electrons. The molecule has 4 aromatic carbocycles. The summed E-state index contributed by atoms with van der Waals surface area (Å²) in [5.74, 6) is 0.269. The Morgan fingerprint density at radius 1 is 0.711 bits per heavy atom. The number of carbonyl (C=O) groups is 1. The topological polar surface area (TPSA) is 69.7 Å². The lowest BCUT2D eigenvalue weighted by Crippen LogP contribution is -2.23. The van der Waals surface area contributed by atoms with Crippen molar-refractivity contribution in [2.75, 3.05) is 6.61 Å². The first-order valence-corrected chi connectivity index (χ1v) is 15.3. The monoisotopic (exact) mass is 546 g/mol. The molecule has 0 aromatic heterocycles. The highest BCUT2D eigenvalue weighted by Gasteiger charge is 2.21. The van der Waals surface area contributed by atoms with Gasteiger partial charge < -0.3 is 4.74 Å².